The maximum absolute atomic E-state index is 13.1. The molecule has 2 aromatic carbocycles. The number of anilines is 1. The third kappa shape index (κ3) is 3.92. The third-order valence-corrected chi connectivity index (χ3v) is 7.97. The van der Waals surface area contributed by atoms with E-state index in [1.54, 1.807) is 17.0 Å². The zero-order valence-corrected chi connectivity index (χ0v) is 18.2. The van der Waals surface area contributed by atoms with Crippen LogP contribution in [0.2, 0.25) is 10.0 Å². The summed E-state index contributed by atoms with van der Waals surface area (Å²) in [5.41, 5.74) is 1.42. The fourth-order valence-electron chi connectivity index (χ4n) is 3.81. The van der Waals surface area contributed by atoms with E-state index in [1.165, 1.54) is 22.5 Å². The van der Waals surface area contributed by atoms with Gasteiger partial charge in [-0.25, -0.2) is 8.42 Å². The number of halogens is 2. The standard InChI is InChI=1S/C20H19Cl2N3O4S/c21-13-5-6-16(22)18(11-13)30(28,29)25-9-7-24(8-10-25)20(27)15-12-19(26)23-17-4-2-1-3-14(15)17/h1-6,11,15H,7-10,12H2,(H,23,26)/t15-/m0/s1. The van der Waals surface area contributed by atoms with Crippen molar-refractivity contribution in [2.75, 3.05) is 31.5 Å². The minimum atomic E-state index is -3.83. The van der Waals surface area contributed by atoms with Crippen molar-refractivity contribution in [3.63, 3.8) is 0 Å². The highest BCUT2D eigenvalue weighted by atomic mass is 35.5. The van der Waals surface area contributed by atoms with E-state index in [0.29, 0.717) is 5.69 Å². The van der Waals surface area contributed by atoms with Crippen molar-refractivity contribution in [3.8, 4) is 0 Å². The van der Waals surface area contributed by atoms with E-state index in [-0.39, 0.29) is 59.4 Å². The number of amides is 2. The molecule has 2 amide bonds. The van der Waals surface area contributed by atoms with Crippen LogP contribution >= 0.6 is 23.2 Å². The Morgan fingerprint density at radius 3 is 2.47 bits per heavy atom. The second-order valence-electron chi connectivity index (χ2n) is 7.20. The molecule has 1 fully saturated rings. The minimum absolute atomic E-state index is 0.0469. The lowest BCUT2D eigenvalue weighted by atomic mass is 9.89. The summed E-state index contributed by atoms with van der Waals surface area (Å²) in [5, 5.41) is 3.16. The first-order valence-electron chi connectivity index (χ1n) is 9.40. The van der Waals surface area contributed by atoms with Gasteiger partial charge >= 0.3 is 0 Å². The molecular weight excluding hydrogens is 449 g/mol. The number of para-hydroxylation sites is 1. The van der Waals surface area contributed by atoms with Crippen molar-refractivity contribution in [1.29, 1.82) is 0 Å². The van der Waals surface area contributed by atoms with Gasteiger partial charge in [0, 0.05) is 43.3 Å². The predicted octanol–water partition coefficient (Wildman–Crippen LogP) is 2.95. The van der Waals surface area contributed by atoms with Gasteiger partial charge in [0.1, 0.15) is 4.90 Å². The molecule has 0 bridgehead atoms. The lowest BCUT2D eigenvalue weighted by Crippen LogP contribution is -2.52. The highest BCUT2D eigenvalue weighted by Crippen LogP contribution is 2.34. The molecule has 1 atom stereocenters. The molecule has 158 valence electrons. The van der Waals surface area contributed by atoms with Crippen molar-refractivity contribution < 1.29 is 18.0 Å². The van der Waals surface area contributed by atoms with E-state index in [0.717, 1.165) is 5.56 Å². The molecule has 1 saturated heterocycles. The molecule has 10 heteroatoms. The monoisotopic (exact) mass is 467 g/mol. The molecule has 2 aliphatic heterocycles. The van der Waals surface area contributed by atoms with Crippen molar-refractivity contribution in [2.45, 2.75) is 17.2 Å². The molecule has 0 aliphatic carbocycles. The Labute approximate surface area is 184 Å². The average molecular weight is 468 g/mol. The molecule has 2 heterocycles. The number of nitrogens with zero attached hydrogens (tertiary/aromatic N) is 2. The molecule has 30 heavy (non-hydrogen) atoms. The van der Waals surface area contributed by atoms with E-state index in [1.807, 2.05) is 12.1 Å². The van der Waals surface area contributed by atoms with E-state index < -0.39 is 15.9 Å². The largest absolute Gasteiger partial charge is 0.340 e. The summed E-state index contributed by atoms with van der Waals surface area (Å²) in [6.07, 6.45) is 0.0759. The first-order valence-corrected chi connectivity index (χ1v) is 11.6. The van der Waals surface area contributed by atoms with E-state index in [4.69, 9.17) is 23.2 Å². The lowest BCUT2D eigenvalue weighted by Gasteiger charge is -2.37. The van der Waals surface area contributed by atoms with Crippen LogP contribution < -0.4 is 5.32 Å². The fraction of sp³-hybridized carbons (Fsp3) is 0.300. The van der Waals surface area contributed by atoms with Gasteiger partial charge in [-0.15, -0.1) is 0 Å². The minimum Gasteiger partial charge on any atom is -0.340 e. The fourth-order valence-corrected chi connectivity index (χ4v) is 5.97. The SMILES string of the molecule is O=C1C[C@H](C(=O)N2CCN(S(=O)(=O)c3cc(Cl)ccc3Cl)CC2)c2ccccc2N1. The molecule has 1 N–H and O–H groups in total. The summed E-state index contributed by atoms with van der Waals surface area (Å²) in [7, 11) is -3.83. The summed E-state index contributed by atoms with van der Waals surface area (Å²) >= 11 is 12.0. The number of hydrogen-bond acceptors (Lipinski definition) is 4. The van der Waals surface area contributed by atoms with Crippen LogP contribution in [0.1, 0.15) is 17.9 Å². The van der Waals surface area contributed by atoms with Crippen molar-refractivity contribution in [1.82, 2.24) is 9.21 Å². The smallest absolute Gasteiger partial charge is 0.244 e. The van der Waals surface area contributed by atoms with E-state index in [2.05, 4.69) is 5.32 Å². The van der Waals surface area contributed by atoms with Gasteiger partial charge in [-0.05, 0) is 29.8 Å². The number of benzene rings is 2. The van der Waals surface area contributed by atoms with Gasteiger partial charge < -0.3 is 10.2 Å². The van der Waals surface area contributed by atoms with Gasteiger partial charge in [0.25, 0.3) is 0 Å². The Balaban J connectivity index is 1.49. The Kier molecular flexibility index (Phi) is 5.76. The Morgan fingerprint density at radius 2 is 1.73 bits per heavy atom. The van der Waals surface area contributed by atoms with Crippen molar-refractivity contribution in [3.05, 3.63) is 58.1 Å². The van der Waals surface area contributed by atoms with Crippen LogP contribution in [0.4, 0.5) is 5.69 Å². The number of rotatable bonds is 3. The Morgan fingerprint density at radius 1 is 1.03 bits per heavy atom. The van der Waals surface area contributed by atoms with Crippen LogP contribution in [0.25, 0.3) is 0 Å². The first kappa shape index (κ1) is 21.1. The summed E-state index contributed by atoms with van der Waals surface area (Å²) in [5.74, 6) is -0.945. The molecular formula is C20H19Cl2N3O4S. The Hall–Kier alpha value is -2.13. The first-order chi connectivity index (χ1) is 14.3. The molecule has 2 aliphatic rings. The van der Waals surface area contributed by atoms with Crippen LogP contribution in [-0.2, 0) is 19.6 Å². The number of hydrogen-bond donors (Lipinski definition) is 1. The third-order valence-electron chi connectivity index (χ3n) is 5.36. The van der Waals surface area contributed by atoms with E-state index >= 15 is 0 Å². The van der Waals surface area contributed by atoms with Crippen LogP contribution in [0.3, 0.4) is 0 Å². The van der Waals surface area contributed by atoms with Gasteiger partial charge in [-0.1, -0.05) is 41.4 Å². The zero-order valence-electron chi connectivity index (χ0n) is 15.8. The normalized spacial score (nSPS) is 19.9. The number of nitrogens with one attached hydrogen (secondary N) is 1. The summed E-state index contributed by atoms with van der Waals surface area (Å²) in [4.78, 5) is 26.7. The molecule has 2 aromatic rings. The number of carbonyl (C=O) groups excluding carboxylic acids is 2. The van der Waals surface area contributed by atoms with Crippen molar-refractivity contribution in [2.24, 2.45) is 0 Å². The molecule has 4 rings (SSSR count). The maximum atomic E-state index is 13.1. The Bertz CT molecular complexity index is 1110. The summed E-state index contributed by atoms with van der Waals surface area (Å²) in [6.45, 7) is 0.738. The van der Waals surface area contributed by atoms with Gasteiger partial charge in [0.05, 0.1) is 10.9 Å². The van der Waals surface area contributed by atoms with Crippen LogP contribution in [0.15, 0.2) is 47.4 Å². The van der Waals surface area contributed by atoms with Crippen LogP contribution in [0.5, 0.6) is 0 Å². The summed E-state index contributed by atoms with van der Waals surface area (Å²) < 4.78 is 27.2. The van der Waals surface area contributed by atoms with Crippen molar-refractivity contribution >= 4 is 50.7 Å². The van der Waals surface area contributed by atoms with E-state index in [9.17, 15) is 18.0 Å². The molecule has 0 saturated carbocycles. The highest BCUT2D eigenvalue weighted by molar-refractivity contribution is 7.89. The summed E-state index contributed by atoms with van der Waals surface area (Å²) in [6, 6.07) is 11.5. The number of fused-ring (bicyclic) bond motifs is 1. The molecule has 7 nitrogen and oxygen atoms in total. The van der Waals surface area contributed by atoms with Gasteiger partial charge in [-0.3, -0.25) is 9.59 Å². The number of carbonyl (C=O) groups is 2. The molecule has 0 spiro atoms. The van der Waals surface area contributed by atoms with Gasteiger partial charge in [-0.2, -0.15) is 4.31 Å². The quantitative estimate of drug-likeness (QED) is 0.751. The number of sulfonamides is 1. The predicted molar refractivity (Wildman–Crippen MR) is 114 cm³/mol. The van der Waals surface area contributed by atoms with Crippen LogP contribution in [0, 0.1) is 0 Å². The second kappa shape index (κ2) is 8.19. The number of piperazine rings is 1. The lowest BCUT2D eigenvalue weighted by molar-refractivity contribution is -0.136. The van der Waals surface area contributed by atoms with Crippen LogP contribution in [-0.4, -0.2) is 55.6 Å². The molecule has 0 radical (unpaired) electrons. The second-order valence-corrected chi connectivity index (χ2v) is 9.95. The highest BCUT2D eigenvalue weighted by Gasteiger charge is 2.37. The van der Waals surface area contributed by atoms with Gasteiger partial charge in [0.15, 0.2) is 0 Å². The topological polar surface area (TPSA) is 86.8 Å². The maximum Gasteiger partial charge on any atom is 0.244 e. The zero-order chi connectivity index (χ0) is 21.5. The molecule has 0 aromatic heterocycles. The molecule has 0 unspecified atom stereocenters. The average Bonchev–Trinajstić information content (AvgIpc) is 2.74. The van der Waals surface area contributed by atoms with Gasteiger partial charge in [0.2, 0.25) is 21.8 Å².